The van der Waals surface area contributed by atoms with Crippen LogP contribution >= 0.6 is 27.3 Å². The summed E-state index contributed by atoms with van der Waals surface area (Å²) in [5.74, 6) is -0.137. The minimum Gasteiger partial charge on any atom is -0.434 e. The Labute approximate surface area is 114 Å². The zero-order valence-corrected chi connectivity index (χ0v) is 11.3. The summed E-state index contributed by atoms with van der Waals surface area (Å²) in [5, 5.41) is 1.80. The van der Waals surface area contributed by atoms with Gasteiger partial charge in [-0.3, -0.25) is 4.79 Å². The second-order valence-corrected chi connectivity index (χ2v) is 5.13. The maximum atomic E-state index is 12.1. The van der Waals surface area contributed by atoms with Gasteiger partial charge in [-0.25, -0.2) is 0 Å². The van der Waals surface area contributed by atoms with Gasteiger partial charge in [0, 0.05) is 5.56 Å². The molecule has 2 nitrogen and oxygen atoms in total. The number of ether oxygens (including phenoxy) is 1. The van der Waals surface area contributed by atoms with Crippen LogP contribution in [0.2, 0.25) is 0 Å². The van der Waals surface area contributed by atoms with Crippen LogP contribution in [0.15, 0.2) is 40.2 Å². The maximum absolute atomic E-state index is 12.1. The predicted octanol–water partition coefficient (Wildman–Crippen LogP) is 4.34. The molecule has 6 heteroatoms. The fourth-order valence-corrected chi connectivity index (χ4v) is 2.54. The van der Waals surface area contributed by atoms with E-state index in [1.165, 1.54) is 29.5 Å². The molecule has 1 aromatic carbocycles. The van der Waals surface area contributed by atoms with Crippen LogP contribution in [0.25, 0.3) is 0 Å². The van der Waals surface area contributed by atoms with Gasteiger partial charge in [0.1, 0.15) is 5.75 Å². The Balaban J connectivity index is 2.26. The Morgan fingerprint density at radius 2 is 2.11 bits per heavy atom. The molecule has 18 heavy (non-hydrogen) atoms. The van der Waals surface area contributed by atoms with Gasteiger partial charge in [-0.15, -0.1) is 11.3 Å². The lowest BCUT2D eigenvalue weighted by atomic mass is 10.1. The molecule has 1 aromatic heterocycles. The first-order valence-electron chi connectivity index (χ1n) is 4.90. The molecule has 0 saturated carbocycles. The van der Waals surface area contributed by atoms with Crippen molar-refractivity contribution in [1.29, 1.82) is 0 Å². The molecule has 0 amide bonds. The summed E-state index contributed by atoms with van der Waals surface area (Å²) in [5.41, 5.74) is 0.422. The highest BCUT2D eigenvalue weighted by atomic mass is 79.9. The molecule has 0 spiro atoms. The summed E-state index contributed by atoms with van der Waals surface area (Å²) < 4.78 is 28.8. The Kier molecular flexibility index (Phi) is 4.08. The van der Waals surface area contributed by atoms with Crippen molar-refractivity contribution in [3.05, 3.63) is 50.6 Å². The van der Waals surface area contributed by atoms with Crippen molar-refractivity contribution in [1.82, 2.24) is 0 Å². The molecule has 0 fully saturated rings. The van der Waals surface area contributed by atoms with E-state index in [-0.39, 0.29) is 11.5 Å². The fourth-order valence-electron chi connectivity index (χ4n) is 1.38. The number of benzene rings is 1. The van der Waals surface area contributed by atoms with Gasteiger partial charge in [0.05, 0.1) is 9.35 Å². The van der Waals surface area contributed by atoms with Crippen LogP contribution in [0.3, 0.4) is 0 Å². The first kappa shape index (κ1) is 13.2. The van der Waals surface area contributed by atoms with E-state index in [0.717, 1.165) is 0 Å². The van der Waals surface area contributed by atoms with E-state index >= 15 is 0 Å². The number of rotatable bonds is 4. The first-order chi connectivity index (χ1) is 8.58. The van der Waals surface area contributed by atoms with E-state index in [2.05, 4.69) is 20.7 Å². The normalized spacial score (nSPS) is 10.7. The van der Waals surface area contributed by atoms with E-state index in [4.69, 9.17) is 0 Å². The van der Waals surface area contributed by atoms with Gasteiger partial charge in [-0.05, 0) is 45.6 Å². The van der Waals surface area contributed by atoms with E-state index in [1.807, 2.05) is 0 Å². The van der Waals surface area contributed by atoms with Crippen molar-refractivity contribution in [3.63, 3.8) is 0 Å². The Bertz CT molecular complexity index is 555. The number of halogens is 3. The number of ketones is 1. The van der Waals surface area contributed by atoms with Gasteiger partial charge < -0.3 is 4.74 Å². The Hall–Kier alpha value is -1.27. The number of thiophene rings is 1. The zero-order chi connectivity index (χ0) is 13.1. The summed E-state index contributed by atoms with van der Waals surface area (Å²) in [7, 11) is 0. The SMILES string of the molecule is O=C(c1ccc(OC(F)F)c(Br)c1)c1cccs1. The molecule has 0 aliphatic carbocycles. The van der Waals surface area contributed by atoms with Crippen molar-refractivity contribution >= 4 is 33.0 Å². The molecular weight excluding hydrogens is 326 g/mol. The smallest absolute Gasteiger partial charge is 0.387 e. The van der Waals surface area contributed by atoms with Gasteiger partial charge in [-0.2, -0.15) is 8.78 Å². The summed E-state index contributed by atoms with van der Waals surface area (Å²) in [4.78, 5) is 12.6. The molecule has 0 unspecified atom stereocenters. The second kappa shape index (κ2) is 5.58. The quantitative estimate of drug-likeness (QED) is 0.778. The summed E-state index contributed by atoms with van der Waals surface area (Å²) in [6.45, 7) is -2.89. The average Bonchev–Trinajstić information content (AvgIpc) is 2.84. The largest absolute Gasteiger partial charge is 0.434 e. The highest BCUT2D eigenvalue weighted by Gasteiger charge is 2.14. The van der Waals surface area contributed by atoms with Crippen molar-refractivity contribution in [2.45, 2.75) is 6.61 Å². The van der Waals surface area contributed by atoms with Crippen molar-refractivity contribution in [3.8, 4) is 5.75 Å². The Morgan fingerprint density at radius 1 is 1.33 bits per heavy atom. The number of alkyl halides is 2. The second-order valence-electron chi connectivity index (χ2n) is 3.33. The lowest BCUT2D eigenvalue weighted by Gasteiger charge is -2.07. The van der Waals surface area contributed by atoms with Crippen molar-refractivity contribution in [2.75, 3.05) is 0 Å². The van der Waals surface area contributed by atoms with Crippen molar-refractivity contribution < 1.29 is 18.3 Å². The molecule has 0 aliphatic heterocycles. The molecule has 0 bridgehead atoms. The van der Waals surface area contributed by atoms with Crippen LogP contribution in [0.5, 0.6) is 5.75 Å². The standard InChI is InChI=1S/C12H7BrF2O2S/c13-8-6-7(3-4-9(8)17-12(14)15)11(16)10-2-1-5-18-10/h1-6,12H. The van der Waals surface area contributed by atoms with Gasteiger partial charge in [0.2, 0.25) is 5.78 Å². The Morgan fingerprint density at radius 3 is 2.67 bits per heavy atom. The van der Waals surface area contributed by atoms with Crippen LogP contribution < -0.4 is 4.74 Å². The molecule has 2 rings (SSSR count). The lowest BCUT2D eigenvalue weighted by Crippen LogP contribution is -2.04. The third-order valence-corrected chi connectivity index (χ3v) is 3.64. The molecule has 0 atom stereocenters. The molecular formula is C12H7BrF2O2S. The number of hydrogen-bond acceptors (Lipinski definition) is 3. The molecule has 1 heterocycles. The van der Waals surface area contributed by atoms with Crippen LogP contribution in [-0.2, 0) is 0 Å². The molecule has 94 valence electrons. The van der Waals surface area contributed by atoms with Crippen molar-refractivity contribution in [2.24, 2.45) is 0 Å². The van der Waals surface area contributed by atoms with Gasteiger partial charge in [0.25, 0.3) is 0 Å². The minimum atomic E-state index is -2.89. The first-order valence-corrected chi connectivity index (χ1v) is 6.58. The molecule has 0 aliphatic rings. The highest BCUT2D eigenvalue weighted by Crippen LogP contribution is 2.28. The summed E-state index contributed by atoms with van der Waals surface area (Å²) >= 11 is 4.43. The summed E-state index contributed by atoms with van der Waals surface area (Å²) in [6.07, 6.45) is 0. The third-order valence-electron chi connectivity index (χ3n) is 2.16. The number of carbonyl (C=O) groups excluding carboxylic acids is 1. The topological polar surface area (TPSA) is 26.3 Å². The lowest BCUT2D eigenvalue weighted by molar-refractivity contribution is -0.0503. The summed E-state index contributed by atoms with van der Waals surface area (Å²) in [6, 6.07) is 7.77. The highest BCUT2D eigenvalue weighted by molar-refractivity contribution is 9.10. The van der Waals surface area contributed by atoms with E-state index in [0.29, 0.717) is 14.9 Å². The van der Waals surface area contributed by atoms with Gasteiger partial charge in [-0.1, -0.05) is 6.07 Å². The third kappa shape index (κ3) is 2.94. The fraction of sp³-hybridized carbons (Fsp3) is 0.0833. The molecule has 0 N–H and O–H groups in total. The average molecular weight is 333 g/mol. The van der Waals surface area contributed by atoms with Crippen LogP contribution in [-0.4, -0.2) is 12.4 Å². The van der Waals surface area contributed by atoms with E-state index in [1.54, 1.807) is 17.5 Å². The number of carbonyl (C=O) groups is 1. The van der Waals surface area contributed by atoms with E-state index in [9.17, 15) is 13.6 Å². The molecule has 0 radical (unpaired) electrons. The minimum absolute atomic E-state index is 0.00716. The predicted molar refractivity (Wildman–Crippen MR) is 68.5 cm³/mol. The van der Waals surface area contributed by atoms with Crippen LogP contribution in [0, 0.1) is 0 Å². The van der Waals surface area contributed by atoms with Crippen LogP contribution in [0.4, 0.5) is 8.78 Å². The van der Waals surface area contributed by atoms with E-state index < -0.39 is 6.61 Å². The van der Waals surface area contributed by atoms with Gasteiger partial charge >= 0.3 is 6.61 Å². The molecule has 2 aromatic rings. The maximum Gasteiger partial charge on any atom is 0.387 e. The van der Waals surface area contributed by atoms with Gasteiger partial charge in [0.15, 0.2) is 0 Å². The number of hydrogen-bond donors (Lipinski definition) is 0. The van der Waals surface area contributed by atoms with Crippen LogP contribution in [0.1, 0.15) is 15.2 Å². The zero-order valence-electron chi connectivity index (χ0n) is 8.90. The molecule has 0 saturated heterocycles. The monoisotopic (exact) mass is 332 g/mol.